The van der Waals surface area contributed by atoms with E-state index in [0.29, 0.717) is 19.3 Å². The van der Waals surface area contributed by atoms with E-state index >= 15 is 0 Å². The van der Waals surface area contributed by atoms with Crippen LogP contribution in [0.5, 0.6) is 5.75 Å². The minimum atomic E-state index is 0. The number of rotatable bonds is 7. The van der Waals surface area contributed by atoms with Crippen LogP contribution in [0.25, 0.3) is 0 Å². The van der Waals surface area contributed by atoms with Gasteiger partial charge in [0.05, 0.1) is 6.61 Å². The molecule has 6 heteroatoms. The summed E-state index contributed by atoms with van der Waals surface area (Å²) in [5.74, 6) is 1.75. The number of nitrogens with zero attached hydrogens (tertiary/aromatic N) is 1. The van der Waals surface area contributed by atoms with E-state index in [-0.39, 0.29) is 24.0 Å². The topological polar surface area (TPSA) is 54.9 Å². The maximum absolute atomic E-state index is 5.56. The Balaban J connectivity index is 0.00000264. The van der Waals surface area contributed by atoms with Crippen molar-refractivity contribution < 1.29 is 9.47 Å². The summed E-state index contributed by atoms with van der Waals surface area (Å²) in [4.78, 5) is 4.29. The number of guanidine groups is 1. The second kappa shape index (κ2) is 11.5. The lowest BCUT2D eigenvalue weighted by atomic mass is 10.2. The standard InChI is InChI=1S/C17H27N3O2.HI/c1-18-17(20-15-5-3-4-6-15)19-13-14-7-9-16(10-8-14)22-12-11-21-2;/h7-10,15H,3-6,11-13H2,1-2H3,(H2,18,19,20);1H. The number of nitrogens with one attached hydrogen (secondary N) is 2. The molecule has 1 fully saturated rings. The number of benzene rings is 1. The maximum Gasteiger partial charge on any atom is 0.191 e. The predicted molar refractivity (Wildman–Crippen MR) is 105 cm³/mol. The minimum Gasteiger partial charge on any atom is -0.491 e. The summed E-state index contributed by atoms with van der Waals surface area (Å²) in [6.07, 6.45) is 5.13. The highest BCUT2D eigenvalue weighted by molar-refractivity contribution is 14.0. The molecule has 1 aromatic carbocycles. The zero-order valence-electron chi connectivity index (χ0n) is 14.0. The molecule has 2 N–H and O–H groups in total. The van der Waals surface area contributed by atoms with Gasteiger partial charge in [0.15, 0.2) is 5.96 Å². The van der Waals surface area contributed by atoms with Gasteiger partial charge in [0.25, 0.3) is 0 Å². The summed E-state index contributed by atoms with van der Waals surface area (Å²) >= 11 is 0. The Hall–Kier alpha value is -1.02. The van der Waals surface area contributed by atoms with Gasteiger partial charge in [0, 0.05) is 26.7 Å². The Morgan fingerprint density at radius 2 is 1.87 bits per heavy atom. The van der Waals surface area contributed by atoms with Gasteiger partial charge in [0.2, 0.25) is 0 Å². The molecule has 1 aliphatic carbocycles. The van der Waals surface area contributed by atoms with Gasteiger partial charge < -0.3 is 20.1 Å². The third-order valence-electron chi connectivity index (χ3n) is 3.86. The molecule has 130 valence electrons. The molecule has 23 heavy (non-hydrogen) atoms. The number of halogens is 1. The third kappa shape index (κ3) is 7.39. The molecule has 5 nitrogen and oxygen atoms in total. The molecule has 0 amide bonds. The van der Waals surface area contributed by atoms with Crippen LogP contribution in [0.2, 0.25) is 0 Å². The highest BCUT2D eigenvalue weighted by Gasteiger charge is 2.15. The van der Waals surface area contributed by atoms with Crippen molar-refractivity contribution in [3.8, 4) is 5.75 Å². The SMILES string of the molecule is CN=C(NCc1ccc(OCCOC)cc1)NC1CCCC1.I. The lowest BCUT2D eigenvalue weighted by Crippen LogP contribution is -2.41. The van der Waals surface area contributed by atoms with Gasteiger partial charge in [-0.25, -0.2) is 0 Å². The van der Waals surface area contributed by atoms with Crippen LogP contribution in [0.4, 0.5) is 0 Å². The first-order valence-corrected chi connectivity index (χ1v) is 7.99. The molecule has 0 atom stereocenters. The van der Waals surface area contributed by atoms with Gasteiger partial charge in [-0.3, -0.25) is 4.99 Å². The molecule has 0 bridgehead atoms. The summed E-state index contributed by atoms with van der Waals surface area (Å²) in [5.41, 5.74) is 1.20. The number of hydrogen-bond donors (Lipinski definition) is 2. The van der Waals surface area contributed by atoms with Crippen LogP contribution >= 0.6 is 24.0 Å². The number of methoxy groups -OCH3 is 1. The van der Waals surface area contributed by atoms with Crippen molar-refractivity contribution >= 4 is 29.9 Å². The molecule has 2 rings (SSSR count). The van der Waals surface area contributed by atoms with Crippen molar-refractivity contribution in [1.82, 2.24) is 10.6 Å². The minimum absolute atomic E-state index is 0. The van der Waals surface area contributed by atoms with Gasteiger partial charge in [-0.1, -0.05) is 25.0 Å². The summed E-state index contributed by atoms with van der Waals surface area (Å²) in [6, 6.07) is 8.68. The van der Waals surface area contributed by atoms with Gasteiger partial charge in [-0.2, -0.15) is 0 Å². The van der Waals surface area contributed by atoms with Crippen LogP contribution in [-0.4, -0.2) is 39.4 Å². The van der Waals surface area contributed by atoms with E-state index in [9.17, 15) is 0 Å². The van der Waals surface area contributed by atoms with Crippen molar-refractivity contribution in [2.24, 2.45) is 4.99 Å². The quantitative estimate of drug-likeness (QED) is 0.301. The Morgan fingerprint density at radius 3 is 2.48 bits per heavy atom. The fourth-order valence-corrected chi connectivity index (χ4v) is 2.59. The lowest BCUT2D eigenvalue weighted by Gasteiger charge is -2.17. The first-order valence-electron chi connectivity index (χ1n) is 7.99. The average molecular weight is 433 g/mol. The fraction of sp³-hybridized carbons (Fsp3) is 0.588. The van der Waals surface area contributed by atoms with Gasteiger partial charge in [-0.15, -0.1) is 24.0 Å². The molecule has 0 aliphatic heterocycles. The molecule has 0 aromatic heterocycles. The maximum atomic E-state index is 5.56. The molecule has 0 saturated heterocycles. The molecule has 1 aliphatic rings. The van der Waals surface area contributed by atoms with Gasteiger partial charge in [0.1, 0.15) is 12.4 Å². The molecule has 1 saturated carbocycles. The Kier molecular flexibility index (Phi) is 10.0. The number of aliphatic imine (C=N–C) groups is 1. The third-order valence-corrected chi connectivity index (χ3v) is 3.86. The average Bonchev–Trinajstić information content (AvgIpc) is 3.06. The molecule has 0 radical (unpaired) electrons. The highest BCUT2D eigenvalue weighted by Crippen LogP contribution is 2.17. The van der Waals surface area contributed by atoms with Crippen LogP contribution < -0.4 is 15.4 Å². The lowest BCUT2D eigenvalue weighted by molar-refractivity contribution is 0.146. The van der Waals surface area contributed by atoms with Crippen molar-refractivity contribution in [3.63, 3.8) is 0 Å². The molecule has 0 spiro atoms. The Bertz CT molecular complexity index is 459. The Morgan fingerprint density at radius 1 is 1.17 bits per heavy atom. The summed E-state index contributed by atoms with van der Waals surface area (Å²) < 4.78 is 10.5. The molecule has 0 unspecified atom stereocenters. The van der Waals surface area contributed by atoms with Crippen LogP contribution in [0.3, 0.4) is 0 Å². The normalized spacial score (nSPS) is 15.1. The molecular weight excluding hydrogens is 405 g/mol. The smallest absolute Gasteiger partial charge is 0.191 e. The highest BCUT2D eigenvalue weighted by atomic mass is 127. The number of ether oxygens (including phenoxy) is 2. The van der Waals surface area contributed by atoms with Crippen molar-refractivity contribution in [1.29, 1.82) is 0 Å². The fourth-order valence-electron chi connectivity index (χ4n) is 2.59. The van der Waals surface area contributed by atoms with Crippen molar-refractivity contribution in [3.05, 3.63) is 29.8 Å². The van der Waals surface area contributed by atoms with E-state index in [2.05, 4.69) is 27.8 Å². The van der Waals surface area contributed by atoms with E-state index in [4.69, 9.17) is 9.47 Å². The van der Waals surface area contributed by atoms with Crippen LogP contribution in [0, 0.1) is 0 Å². The van der Waals surface area contributed by atoms with Crippen molar-refractivity contribution in [2.45, 2.75) is 38.3 Å². The van der Waals surface area contributed by atoms with E-state index in [1.165, 1.54) is 31.2 Å². The largest absolute Gasteiger partial charge is 0.491 e. The Labute approximate surface area is 156 Å². The van der Waals surface area contributed by atoms with Gasteiger partial charge in [-0.05, 0) is 30.5 Å². The monoisotopic (exact) mass is 433 g/mol. The first-order chi connectivity index (χ1) is 10.8. The molecular formula is C17H28IN3O2. The van der Waals surface area contributed by atoms with Crippen molar-refractivity contribution in [2.75, 3.05) is 27.4 Å². The van der Waals surface area contributed by atoms with E-state index < -0.39 is 0 Å². The van der Waals surface area contributed by atoms with E-state index in [1.54, 1.807) is 7.11 Å². The van der Waals surface area contributed by atoms with E-state index in [1.807, 2.05) is 19.2 Å². The summed E-state index contributed by atoms with van der Waals surface area (Å²) in [6.45, 7) is 1.93. The van der Waals surface area contributed by atoms with E-state index in [0.717, 1.165) is 18.3 Å². The molecule has 1 aromatic rings. The second-order valence-corrected chi connectivity index (χ2v) is 5.54. The number of hydrogen-bond acceptors (Lipinski definition) is 3. The zero-order chi connectivity index (χ0) is 15.6. The van der Waals surface area contributed by atoms with Crippen LogP contribution in [0.15, 0.2) is 29.3 Å². The second-order valence-electron chi connectivity index (χ2n) is 5.54. The summed E-state index contributed by atoms with van der Waals surface area (Å²) in [5, 5.41) is 6.84. The van der Waals surface area contributed by atoms with Crippen LogP contribution in [-0.2, 0) is 11.3 Å². The van der Waals surface area contributed by atoms with Crippen LogP contribution in [0.1, 0.15) is 31.2 Å². The molecule has 0 heterocycles. The first kappa shape index (κ1) is 20.0. The predicted octanol–water partition coefficient (Wildman–Crippen LogP) is 2.94. The van der Waals surface area contributed by atoms with Gasteiger partial charge >= 0.3 is 0 Å². The zero-order valence-corrected chi connectivity index (χ0v) is 16.3. The summed E-state index contributed by atoms with van der Waals surface area (Å²) in [7, 11) is 3.49.